The summed E-state index contributed by atoms with van der Waals surface area (Å²) in [5.74, 6) is 1.50. The second-order valence-electron chi connectivity index (χ2n) is 9.14. The highest BCUT2D eigenvalue weighted by Crippen LogP contribution is 2.34. The van der Waals surface area contributed by atoms with Crippen LogP contribution in [0.25, 0.3) is 11.0 Å². The van der Waals surface area contributed by atoms with Gasteiger partial charge in [-0.2, -0.15) is 0 Å². The minimum atomic E-state index is -0.101. The molecular formula is C26H32N4O3. The Morgan fingerprint density at radius 1 is 1.12 bits per heavy atom. The van der Waals surface area contributed by atoms with Crippen LogP contribution in [-0.2, 0) is 16.1 Å². The molecule has 1 fully saturated rings. The molecule has 1 aromatic heterocycles. The summed E-state index contributed by atoms with van der Waals surface area (Å²) in [7, 11) is 1.62. The van der Waals surface area contributed by atoms with Gasteiger partial charge in [0.1, 0.15) is 18.1 Å². The number of hydrogen-bond acceptors (Lipinski definition) is 4. The molecule has 1 aliphatic rings. The molecule has 1 saturated heterocycles. The Morgan fingerprint density at radius 2 is 1.85 bits per heavy atom. The third-order valence-corrected chi connectivity index (χ3v) is 6.23. The number of fused-ring (bicyclic) bond motifs is 1. The van der Waals surface area contributed by atoms with Crippen LogP contribution in [-0.4, -0.2) is 52.0 Å². The summed E-state index contributed by atoms with van der Waals surface area (Å²) in [6.45, 7) is 8.86. The number of methoxy groups -OCH3 is 1. The van der Waals surface area contributed by atoms with Crippen molar-refractivity contribution < 1.29 is 14.3 Å². The second kappa shape index (κ2) is 9.25. The van der Waals surface area contributed by atoms with Gasteiger partial charge in [0.25, 0.3) is 0 Å². The summed E-state index contributed by atoms with van der Waals surface area (Å²) in [4.78, 5) is 34.8. The average Bonchev–Trinajstić information content (AvgIpc) is 3.34. The standard InChI is InChI=1S/C26H32N4O3/c1-17(2)30(18(3)4)25(32)16-29-23-12-7-6-11-22(23)27-26(29)19-13-24(31)28(15-19)20-9-8-10-21(14-20)33-5/h6-12,14,17-19H,13,15-16H2,1-5H3. The Bertz CT molecular complexity index is 1160. The van der Waals surface area contributed by atoms with Crippen LogP contribution in [0.4, 0.5) is 5.69 Å². The molecule has 7 heteroatoms. The lowest BCUT2D eigenvalue weighted by molar-refractivity contribution is -0.135. The lowest BCUT2D eigenvalue weighted by atomic mass is 10.1. The second-order valence-corrected chi connectivity index (χ2v) is 9.14. The molecule has 2 amide bonds. The van der Waals surface area contributed by atoms with Gasteiger partial charge in [0.2, 0.25) is 11.8 Å². The van der Waals surface area contributed by atoms with E-state index in [1.807, 2.05) is 85.7 Å². The van der Waals surface area contributed by atoms with E-state index in [2.05, 4.69) is 0 Å². The van der Waals surface area contributed by atoms with E-state index >= 15 is 0 Å². The Labute approximate surface area is 195 Å². The van der Waals surface area contributed by atoms with Crippen LogP contribution in [0.1, 0.15) is 45.9 Å². The van der Waals surface area contributed by atoms with E-state index in [-0.39, 0.29) is 36.4 Å². The fraction of sp³-hybridized carbons (Fsp3) is 0.423. The molecule has 2 aromatic carbocycles. The lowest BCUT2D eigenvalue weighted by Gasteiger charge is -2.31. The fourth-order valence-corrected chi connectivity index (χ4v) is 4.87. The zero-order chi connectivity index (χ0) is 23.7. The van der Waals surface area contributed by atoms with Crippen molar-refractivity contribution in [2.75, 3.05) is 18.6 Å². The summed E-state index contributed by atoms with van der Waals surface area (Å²) < 4.78 is 7.33. The van der Waals surface area contributed by atoms with Crippen molar-refractivity contribution >= 4 is 28.5 Å². The van der Waals surface area contributed by atoms with Gasteiger partial charge >= 0.3 is 0 Å². The van der Waals surface area contributed by atoms with Crippen LogP contribution < -0.4 is 9.64 Å². The quantitative estimate of drug-likeness (QED) is 0.543. The van der Waals surface area contributed by atoms with Gasteiger partial charge in [-0.3, -0.25) is 9.59 Å². The predicted octanol–water partition coefficient (Wildman–Crippen LogP) is 4.21. The van der Waals surface area contributed by atoms with E-state index in [1.54, 1.807) is 12.0 Å². The first kappa shape index (κ1) is 22.8. The minimum absolute atomic E-state index is 0.0455. The fourth-order valence-electron chi connectivity index (χ4n) is 4.87. The largest absolute Gasteiger partial charge is 0.497 e. The molecule has 0 N–H and O–H groups in total. The van der Waals surface area contributed by atoms with Crippen molar-refractivity contribution in [3.05, 3.63) is 54.4 Å². The predicted molar refractivity (Wildman–Crippen MR) is 130 cm³/mol. The van der Waals surface area contributed by atoms with Crippen LogP contribution >= 0.6 is 0 Å². The van der Waals surface area contributed by atoms with E-state index in [0.717, 1.165) is 22.5 Å². The first-order chi connectivity index (χ1) is 15.8. The lowest BCUT2D eigenvalue weighted by Crippen LogP contribution is -2.44. The van der Waals surface area contributed by atoms with Crippen molar-refractivity contribution in [3.63, 3.8) is 0 Å². The zero-order valence-electron chi connectivity index (χ0n) is 20.0. The zero-order valence-corrected chi connectivity index (χ0v) is 20.0. The molecule has 1 atom stereocenters. The van der Waals surface area contributed by atoms with Crippen molar-refractivity contribution in [1.82, 2.24) is 14.5 Å². The van der Waals surface area contributed by atoms with Crippen LogP contribution in [0.2, 0.25) is 0 Å². The third kappa shape index (κ3) is 4.45. The molecule has 3 aromatic rings. The molecule has 1 unspecified atom stereocenters. The molecular weight excluding hydrogens is 416 g/mol. The summed E-state index contributed by atoms with van der Waals surface area (Å²) in [5.41, 5.74) is 2.57. The number of imidazole rings is 1. The van der Waals surface area contributed by atoms with E-state index in [1.165, 1.54) is 0 Å². The number of rotatable bonds is 7. The van der Waals surface area contributed by atoms with Gasteiger partial charge in [0.05, 0.1) is 18.1 Å². The van der Waals surface area contributed by atoms with Crippen molar-refractivity contribution in [2.45, 2.75) is 58.7 Å². The number of ether oxygens (including phenoxy) is 1. The summed E-state index contributed by atoms with van der Waals surface area (Å²) in [5, 5.41) is 0. The van der Waals surface area contributed by atoms with Gasteiger partial charge in [-0.15, -0.1) is 0 Å². The molecule has 0 aliphatic carbocycles. The van der Waals surface area contributed by atoms with Gasteiger partial charge in [-0.05, 0) is 52.0 Å². The molecule has 0 spiro atoms. The van der Waals surface area contributed by atoms with Gasteiger partial charge in [-0.25, -0.2) is 4.98 Å². The highest BCUT2D eigenvalue weighted by molar-refractivity contribution is 5.96. The van der Waals surface area contributed by atoms with Crippen LogP contribution in [0.15, 0.2) is 48.5 Å². The maximum Gasteiger partial charge on any atom is 0.243 e. The van der Waals surface area contributed by atoms with Crippen molar-refractivity contribution in [2.24, 2.45) is 0 Å². The number of benzene rings is 2. The number of carbonyl (C=O) groups excluding carboxylic acids is 2. The first-order valence-electron chi connectivity index (χ1n) is 11.5. The maximum absolute atomic E-state index is 13.3. The Hall–Kier alpha value is -3.35. The highest BCUT2D eigenvalue weighted by Gasteiger charge is 2.35. The number of aromatic nitrogens is 2. The SMILES string of the molecule is COc1cccc(N2CC(c3nc4ccccc4n3CC(=O)N(C(C)C)C(C)C)CC2=O)c1. The Morgan fingerprint density at radius 3 is 2.55 bits per heavy atom. The van der Waals surface area contributed by atoms with Gasteiger partial charge in [0.15, 0.2) is 0 Å². The first-order valence-corrected chi connectivity index (χ1v) is 11.5. The molecule has 0 bridgehead atoms. The van der Waals surface area contributed by atoms with Gasteiger partial charge in [-0.1, -0.05) is 18.2 Å². The van der Waals surface area contributed by atoms with Crippen LogP contribution in [0, 0.1) is 0 Å². The van der Waals surface area contributed by atoms with E-state index < -0.39 is 0 Å². The number of hydrogen-bond donors (Lipinski definition) is 0. The number of anilines is 1. The summed E-state index contributed by atoms with van der Waals surface area (Å²) >= 11 is 0. The number of carbonyl (C=O) groups is 2. The van der Waals surface area contributed by atoms with Crippen molar-refractivity contribution in [1.29, 1.82) is 0 Å². The molecule has 33 heavy (non-hydrogen) atoms. The van der Waals surface area contributed by atoms with Gasteiger partial charge in [0, 0.05) is 42.7 Å². The topological polar surface area (TPSA) is 67.7 Å². The minimum Gasteiger partial charge on any atom is -0.497 e. The summed E-state index contributed by atoms with van der Waals surface area (Å²) in [6.07, 6.45) is 0.354. The monoisotopic (exact) mass is 448 g/mol. The van der Waals surface area contributed by atoms with Crippen molar-refractivity contribution in [3.8, 4) is 5.75 Å². The molecule has 1 aliphatic heterocycles. The molecule has 0 radical (unpaired) electrons. The smallest absolute Gasteiger partial charge is 0.243 e. The maximum atomic E-state index is 13.3. The molecule has 0 saturated carbocycles. The van der Waals surface area contributed by atoms with E-state index in [0.29, 0.717) is 18.7 Å². The Kier molecular flexibility index (Phi) is 6.40. The molecule has 7 nitrogen and oxygen atoms in total. The molecule has 174 valence electrons. The van der Waals surface area contributed by atoms with E-state index in [4.69, 9.17) is 9.72 Å². The normalized spacial score (nSPS) is 16.3. The summed E-state index contributed by atoms with van der Waals surface area (Å²) in [6, 6.07) is 15.6. The molecule has 2 heterocycles. The average molecular weight is 449 g/mol. The third-order valence-electron chi connectivity index (χ3n) is 6.23. The Balaban J connectivity index is 1.68. The van der Waals surface area contributed by atoms with Crippen LogP contribution in [0.3, 0.4) is 0 Å². The molecule has 4 rings (SSSR count). The van der Waals surface area contributed by atoms with E-state index in [9.17, 15) is 9.59 Å². The number of amides is 2. The van der Waals surface area contributed by atoms with Gasteiger partial charge < -0.3 is 19.1 Å². The number of para-hydroxylation sites is 2. The number of nitrogens with zero attached hydrogens (tertiary/aromatic N) is 4. The highest BCUT2D eigenvalue weighted by atomic mass is 16.5. The van der Waals surface area contributed by atoms with Crippen LogP contribution in [0.5, 0.6) is 5.75 Å².